The summed E-state index contributed by atoms with van der Waals surface area (Å²) in [4.78, 5) is 2.01. The van der Waals surface area contributed by atoms with E-state index in [1.54, 1.807) is 0 Å². The summed E-state index contributed by atoms with van der Waals surface area (Å²) in [6.07, 6.45) is -0.196. The van der Waals surface area contributed by atoms with E-state index in [1.807, 2.05) is 13.1 Å². The fourth-order valence-electron chi connectivity index (χ4n) is 2.14. The first-order valence-electron chi connectivity index (χ1n) is 6.52. The molecule has 1 heterocycles. The number of benzene rings is 1. The minimum Gasteiger partial charge on any atom is -0.399 e. The van der Waals surface area contributed by atoms with Gasteiger partial charge in [-0.25, -0.2) is 13.1 Å². The van der Waals surface area contributed by atoms with Gasteiger partial charge in [-0.05, 0) is 25.2 Å². The number of nitrogens with zero attached hydrogens (tertiary/aromatic N) is 2. The Hall–Kier alpha value is -1.66. The number of hydrogen-bond donors (Lipinski definition) is 2. The van der Waals surface area contributed by atoms with Crippen molar-refractivity contribution in [2.75, 3.05) is 39.0 Å². The van der Waals surface area contributed by atoms with Gasteiger partial charge in [0, 0.05) is 25.3 Å². The molecule has 114 valence electrons. The van der Waals surface area contributed by atoms with Gasteiger partial charge in [-0.3, -0.25) is 0 Å². The SMILES string of the molecule is CN1CCOC(CNS(=O)(=O)c2ccc(N)cc2C#N)C1. The van der Waals surface area contributed by atoms with Gasteiger partial charge in [0.25, 0.3) is 0 Å². The van der Waals surface area contributed by atoms with E-state index in [4.69, 9.17) is 15.7 Å². The van der Waals surface area contributed by atoms with Crippen LogP contribution < -0.4 is 10.5 Å². The first-order chi connectivity index (χ1) is 9.92. The zero-order chi connectivity index (χ0) is 15.5. The van der Waals surface area contributed by atoms with Crippen LogP contribution in [0.25, 0.3) is 0 Å². The molecule has 0 spiro atoms. The molecular formula is C13H18N4O3S. The smallest absolute Gasteiger partial charge is 0.241 e. The van der Waals surface area contributed by atoms with Gasteiger partial charge in [-0.15, -0.1) is 0 Å². The lowest BCUT2D eigenvalue weighted by atomic mass is 10.2. The Morgan fingerprint density at radius 1 is 1.57 bits per heavy atom. The van der Waals surface area contributed by atoms with E-state index in [2.05, 4.69) is 9.62 Å². The van der Waals surface area contributed by atoms with Gasteiger partial charge >= 0.3 is 0 Å². The normalized spacial score (nSPS) is 20.1. The van der Waals surface area contributed by atoms with Crippen LogP contribution in [0, 0.1) is 11.3 Å². The molecule has 2 rings (SSSR count). The van der Waals surface area contributed by atoms with Crippen molar-refractivity contribution in [3.63, 3.8) is 0 Å². The molecule has 1 aromatic carbocycles. The van der Waals surface area contributed by atoms with Crippen LogP contribution in [0.3, 0.4) is 0 Å². The largest absolute Gasteiger partial charge is 0.399 e. The molecule has 1 fully saturated rings. The summed E-state index contributed by atoms with van der Waals surface area (Å²) >= 11 is 0. The van der Waals surface area contributed by atoms with Crippen LogP contribution in [0.4, 0.5) is 5.69 Å². The van der Waals surface area contributed by atoms with Crippen molar-refractivity contribution in [1.29, 1.82) is 5.26 Å². The minimum absolute atomic E-state index is 0.0316. The van der Waals surface area contributed by atoms with E-state index in [9.17, 15) is 8.42 Å². The van der Waals surface area contributed by atoms with Crippen LogP contribution in [0.2, 0.25) is 0 Å². The van der Waals surface area contributed by atoms with Gasteiger partial charge in [0.15, 0.2) is 0 Å². The average molecular weight is 310 g/mol. The second-order valence-electron chi connectivity index (χ2n) is 4.97. The molecule has 3 N–H and O–H groups in total. The van der Waals surface area contributed by atoms with Gasteiger partial charge in [0.05, 0.1) is 23.2 Å². The van der Waals surface area contributed by atoms with E-state index in [0.717, 1.165) is 6.54 Å². The summed E-state index contributed by atoms with van der Waals surface area (Å²) in [5.41, 5.74) is 5.94. The minimum atomic E-state index is -3.76. The third kappa shape index (κ3) is 3.92. The zero-order valence-electron chi connectivity index (χ0n) is 11.7. The standard InChI is InChI=1S/C13H18N4O3S/c1-17-4-5-20-12(9-17)8-16-21(18,19)13-3-2-11(15)6-10(13)7-14/h2-3,6,12,16H,4-5,8-9,15H2,1H3. The maximum absolute atomic E-state index is 12.3. The molecule has 1 saturated heterocycles. The monoisotopic (exact) mass is 310 g/mol. The summed E-state index contributed by atoms with van der Waals surface area (Å²) in [6, 6.07) is 5.99. The van der Waals surface area contributed by atoms with Crippen LogP contribution in [-0.4, -0.2) is 52.7 Å². The molecule has 1 unspecified atom stereocenters. The highest BCUT2D eigenvalue weighted by molar-refractivity contribution is 7.89. The van der Waals surface area contributed by atoms with Crippen molar-refractivity contribution in [1.82, 2.24) is 9.62 Å². The molecule has 1 aliphatic heterocycles. The lowest BCUT2D eigenvalue weighted by Gasteiger charge is -2.30. The molecule has 1 atom stereocenters. The zero-order valence-corrected chi connectivity index (χ0v) is 12.6. The molecule has 1 aromatic rings. The van der Waals surface area contributed by atoms with Crippen LogP contribution in [-0.2, 0) is 14.8 Å². The number of morpholine rings is 1. The molecular weight excluding hydrogens is 292 g/mol. The van der Waals surface area contributed by atoms with Crippen LogP contribution >= 0.6 is 0 Å². The molecule has 7 nitrogen and oxygen atoms in total. The van der Waals surface area contributed by atoms with Crippen molar-refractivity contribution in [3.8, 4) is 6.07 Å². The molecule has 0 aromatic heterocycles. The summed E-state index contributed by atoms with van der Waals surface area (Å²) in [7, 11) is -1.81. The van der Waals surface area contributed by atoms with E-state index in [0.29, 0.717) is 18.8 Å². The maximum Gasteiger partial charge on any atom is 0.241 e. The van der Waals surface area contributed by atoms with Crippen molar-refractivity contribution in [3.05, 3.63) is 23.8 Å². The lowest BCUT2D eigenvalue weighted by molar-refractivity contribution is -0.0156. The topological polar surface area (TPSA) is 108 Å². The summed E-state index contributed by atoms with van der Waals surface area (Å²) in [6.45, 7) is 2.24. The van der Waals surface area contributed by atoms with Gasteiger partial charge < -0.3 is 15.4 Å². The third-order valence-corrected chi connectivity index (χ3v) is 4.74. The first-order valence-corrected chi connectivity index (χ1v) is 8.00. The van der Waals surface area contributed by atoms with Crippen LogP contribution in [0.15, 0.2) is 23.1 Å². The van der Waals surface area contributed by atoms with Crippen molar-refractivity contribution < 1.29 is 13.2 Å². The number of nitriles is 1. The van der Waals surface area contributed by atoms with Crippen LogP contribution in [0.5, 0.6) is 0 Å². The molecule has 0 amide bonds. The lowest BCUT2D eigenvalue weighted by Crippen LogP contribution is -2.45. The number of likely N-dealkylation sites (N-methyl/N-ethyl adjacent to an activating group) is 1. The Kier molecular flexibility index (Phi) is 4.80. The van der Waals surface area contributed by atoms with E-state index in [-0.39, 0.29) is 23.1 Å². The predicted molar refractivity (Wildman–Crippen MR) is 78.0 cm³/mol. The second-order valence-corrected chi connectivity index (χ2v) is 6.71. The molecule has 0 saturated carbocycles. The number of hydrogen-bond acceptors (Lipinski definition) is 6. The summed E-state index contributed by atoms with van der Waals surface area (Å²) in [5, 5.41) is 9.03. The van der Waals surface area contributed by atoms with Crippen molar-refractivity contribution in [2.24, 2.45) is 0 Å². The number of sulfonamides is 1. The average Bonchev–Trinajstić information content (AvgIpc) is 2.45. The highest BCUT2D eigenvalue weighted by Crippen LogP contribution is 2.18. The molecule has 1 aliphatic rings. The molecule has 0 radical (unpaired) electrons. The fraction of sp³-hybridized carbons (Fsp3) is 0.462. The Morgan fingerprint density at radius 2 is 2.33 bits per heavy atom. The number of anilines is 1. The molecule has 8 heteroatoms. The molecule has 0 aliphatic carbocycles. The van der Waals surface area contributed by atoms with E-state index < -0.39 is 10.0 Å². The Bertz CT molecular complexity index is 654. The number of rotatable bonds is 4. The summed E-state index contributed by atoms with van der Waals surface area (Å²) in [5.74, 6) is 0. The van der Waals surface area contributed by atoms with Gasteiger partial charge in [0.2, 0.25) is 10.0 Å². The maximum atomic E-state index is 12.3. The molecule has 21 heavy (non-hydrogen) atoms. The first kappa shape index (κ1) is 15.7. The Labute approximate surface area is 124 Å². The summed E-state index contributed by atoms with van der Waals surface area (Å²) < 4.78 is 32.5. The van der Waals surface area contributed by atoms with Gasteiger partial charge in [0.1, 0.15) is 6.07 Å². The Balaban J connectivity index is 2.10. The highest BCUT2D eigenvalue weighted by Gasteiger charge is 2.23. The number of nitrogens with one attached hydrogen (secondary N) is 1. The van der Waals surface area contributed by atoms with E-state index in [1.165, 1.54) is 18.2 Å². The Morgan fingerprint density at radius 3 is 3.00 bits per heavy atom. The van der Waals surface area contributed by atoms with Crippen molar-refractivity contribution >= 4 is 15.7 Å². The third-order valence-electron chi connectivity index (χ3n) is 3.26. The van der Waals surface area contributed by atoms with Gasteiger partial charge in [-0.1, -0.05) is 0 Å². The molecule has 0 bridgehead atoms. The van der Waals surface area contributed by atoms with Gasteiger partial charge in [-0.2, -0.15) is 5.26 Å². The number of nitrogen functional groups attached to an aromatic ring is 1. The predicted octanol–water partition coefficient (Wildman–Crippen LogP) is -0.251. The van der Waals surface area contributed by atoms with Crippen molar-refractivity contribution in [2.45, 2.75) is 11.0 Å². The number of nitrogens with two attached hydrogens (primary N) is 1. The second kappa shape index (κ2) is 6.41. The quantitative estimate of drug-likeness (QED) is 0.742. The van der Waals surface area contributed by atoms with E-state index >= 15 is 0 Å². The highest BCUT2D eigenvalue weighted by atomic mass is 32.2. The van der Waals surface area contributed by atoms with Crippen LogP contribution in [0.1, 0.15) is 5.56 Å². The fourth-order valence-corrected chi connectivity index (χ4v) is 3.34. The number of ether oxygens (including phenoxy) is 1.